The first-order valence-corrected chi connectivity index (χ1v) is 8.89. The van der Waals surface area contributed by atoms with E-state index in [4.69, 9.17) is 27.9 Å². The first-order chi connectivity index (χ1) is 11.5. The summed E-state index contributed by atoms with van der Waals surface area (Å²) in [5.74, 6) is -0.804. The minimum absolute atomic E-state index is 0.268. The summed E-state index contributed by atoms with van der Waals surface area (Å²) in [6.07, 6.45) is 1.89. The van der Waals surface area contributed by atoms with Crippen LogP contribution in [0, 0.1) is 5.41 Å². The molecule has 25 heavy (non-hydrogen) atoms. The number of likely N-dealkylation sites (N-methyl/N-ethyl adjacent to an activating group) is 1. The van der Waals surface area contributed by atoms with Gasteiger partial charge in [-0.2, -0.15) is 0 Å². The number of carbonyl (C=O) groups is 2. The number of esters is 1. The zero-order valence-electron chi connectivity index (χ0n) is 14.7. The van der Waals surface area contributed by atoms with Gasteiger partial charge in [0.25, 0.3) is 0 Å². The standard InChI is InChI=1S/C19H21Cl2NO3/c1-17(2)13-7-5-6-8-14(13)22(4)15(17)9-12(23)10-25-16(24)18(3)11-19(18,20)21/h5-9H,10-11H2,1-4H3. The van der Waals surface area contributed by atoms with Gasteiger partial charge >= 0.3 is 5.97 Å². The summed E-state index contributed by atoms with van der Waals surface area (Å²) >= 11 is 11.9. The van der Waals surface area contributed by atoms with Crippen LogP contribution in [-0.4, -0.2) is 29.7 Å². The molecule has 1 aromatic carbocycles. The Morgan fingerprint density at radius 3 is 2.40 bits per heavy atom. The van der Waals surface area contributed by atoms with E-state index in [-0.39, 0.29) is 17.8 Å². The molecule has 1 unspecified atom stereocenters. The van der Waals surface area contributed by atoms with E-state index in [2.05, 4.69) is 19.9 Å². The van der Waals surface area contributed by atoms with Crippen molar-refractivity contribution in [3.05, 3.63) is 41.6 Å². The zero-order chi connectivity index (χ0) is 18.6. The second-order valence-electron chi connectivity index (χ2n) is 7.49. The number of anilines is 1. The topological polar surface area (TPSA) is 46.6 Å². The summed E-state index contributed by atoms with van der Waals surface area (Å²) in [6.45, 7) is 5.47. The van der Waals surface area contributed by atoms with Crippen molar-refractivity contribution in [3.8, 4) is 0 Å². The molecule has 0 N–H and O–H groups in total. The van der Waals surface area contributed by atoms with Gasteiger partial charge in [0.1, 0.15) is 9.75 Å². The lowest BCUT2D eigenvalue weighted by Gasteiger charge is -2.24. The Morgan fingerprint density at radius 2 is 1.84 bits per heavy atom. The molecule has 4 nitrogen and oxygen atoms in total. The predicted octanol–water partition coefficient (Wildman–Crippen LogP) is 3.99. The van der Waals surface area contributed by atoms with E-state index in [0.29, 0.717) is 6.42 Å². The SMILES string of the molecule is CN1C(=CC(=O)COC(=O)C2(C)CC2(Cl)Cl)C(C)(C)c2ccccc21. The lowest BCUT2D eigenvalue weighted by molar-refractivity contribution is -0.152. The van der Waals surface area contributed by atoms with Crippen molar-refractivity contribution >= 4 is 40.6 Å². The van der Waals surface area contributed by atoms with E-state index in [0.717, 1.165) is 16.9 Å². The van der Waals surface area contributed by atoms with E-state index in [1.165, 1.54) is 0 Å². The third-order valence-electron chi connectivity index (χ3n) is 5.29. The molecule has 1 fully saturated rings. The maximum atomic E-state index is 12.4. The maximum Gasteiger partial charge on any atom is 0.315 e. The van der Waals surface area contributed by atoms with Gasteiger partial charge < -0.3 is 9.64 Å². The number of alkyl halides is 2. The van der Waals surface area contributed by atoms with Crippen molar-refractivity contribution in [2.45, 2.75) is 36.9 Å². The van der Waals surface area contributed by atoms with Crippen LogP contribution in [0.2, 0.25) is 0 Å². The molecule has 1 aromatic rings. The van der Waals surface area contributed by atoms with E-state index in [1.807, 2.05) is 30.1 Å². The maximum absolute atomic E-state index is 12.4. The van der Waals surface area contributed by atoms with Crippen LogP contribution >= 0.6 is 23.2 Å². The van der Waals surface area contributed by atoms with Crippen LogP contribution < -0.4 is 4.90 Å². The van der Waals surface area contributed by atoms with Gasteiger partial charge in [0.05, 0.1) is 0 Å². The summed E-state index contributed by atoms with van der Waals surface area (Å²) < 4.78 is 4.04. The van der Waals surface area contributed by atoms with Crippen LogP contribution in [-0.2, 0) is 19.7 Å². The Hall–Kier alpha value is -1.52. The van der Waals surface area contributed by atoms with Crippen molar-refractivity contribution in [2.75, 3.05) is 18.6 Å². The molecule has 0 spiro atoms. The van der Waals surface area contributed by atoms with Crippen molar-refractivity contribution in [2.24, 2.45) is 5.41 Å². The number of ketones is 1. The van der Waals surface area contributed by atoms with E-state index >= 15 is 0 Å². The molecule has 1 aliphatic carbocycles. The third-order valence-corrected chi connectivity index (χ3v) is 6.39. The van der Waals surface area contributed by atoms with Crippen LogP contribution in [0.25, 0.3) is 0 Å². The number of allylic oxidation sites excluding steroid dienone is 1. The van der Waals surface area contributed by atoms with Crippen molar-refractivity contribution < 1.29 is 14.3 Å². The molecule has 1 saturated carbocycles. The number of fused-ring (bicyclic) bond motifs is 1. The van der Waals surface area contributed by atoms with Crippen LogP contribution in [0.4, 0.5) is 5.69 Å². The van der Waals surface area contributed by atoms with Gasteiger partial charge in [-0.25, -0.2) is 0 Å². The summed E-state index contributed by atoms with van der Waals surface area (Å²) in [7, 11) is 1.93. The van der Waals surface area contributed by atoms with Gasteiger partial charge in [0.2, 0.25) is 0 Å². The molecule has 1 heterocycles. The Morgan fingerprint density at radius 1 is 1.24 bits per heavy atom. The van der Waals surface area contributed by atoms with Gasteiger partial charge in [-0.05, 0) is 18.6 Å². The quantitative estimate of drug-likeness (QED) is 0.449. The normalized spacial score (nSPS) is 27.1. The average Bonchev–Trinajstić information content (AvgIpc) is 3.01. The van der Waals surface area contributed by atoms with Crippen LogP contribution in [0.15, 0.2) is 36.0 Å². The fraction of sp³-hybridized carbons (Fsp3) is 0.474. The molecule has 134 valence electrons. The van der Waals surface area contributed by atoms with Gasteiger partial charge in [0, 0.05) is 36.3 Å². The summed E-state index contributed by atoms with van der Waals surface area (Å²) in [5, 5.41) is 0. The number of ether oxygens (including phenoxy) is 1. The highest BCUT2D eigenvalue weighted by molar-refractivity contribution is 6.53. The summed E-state index contributed by atoms with van der Waals surface area (Å²) in [4.78, 5) is 26.4. The van der Waals surface area contributed by atoms with Gasteiger partial charge in [0.15, 0.2) is 12.4 Å². The van der Waals surface area contributed by atoms with Crippen molar-refractivity contribution in [1.29, 1.82) is 0 Å². The Balaban J connectivity index is 1.71. The Bertz CT molecular complexity index is 785. The number of hydrogen-bond donors (Lipinski definition) is 0. The fourth-order valence-electron chi connectivity index (χ4n) is 3.37. The molecule has 3 rings (SSSR count). The Labute approximate surface area is 157 Å². The number of carbonyl (C=O) groups excluding carboxylic acids is 2. The molecule has 0 saturated heterocycles. The monoisotopic (exact) mass is 381 g/mol. The van der Waals surface area contributed by atoms with Gasteiger partial charge in [-0.1, -0.05) is 32.0 Å². The van der Waals surface area contributed by atoms with E-state index in [1.54, 1.807) is 13.0 Å². The first kappa shape index (κ1) is 18.3. The fourth-order valence-corrected chi connectivity index (χ4v) is 4.06. The molecular weight excluding hydrogens is 361 g/mol. The smallest absolute Gasteiger partial charge is 0.315 e. The first-order valence-electron chi connectivity index (χ1n) is 8.14. The third kappa shape index (κ3) is 2.85. The average molecular weight is 382 g/mol. The molecular formula is C19H21Cl2NO3. The van der Waals surface area contributed by atoms with Crippen molar-refractivity contribution in [3.63, 3.8) is 0 Å². The van der Waals surface area contributed by atoms with E-state index in [9.17, 15) is 9.59 Å². The summed E-state index contributed by atoms with van der Waals surface area (Å²) in [6, 6.07) is 8.04. The molecule has 6 heteroatoms. The second-order valence-corrected chi connectivity index (χ2v) is 8.97. The largest absolute Gasteiger partial charge is 0.457 e. The number of nitrogens with zero attached hydrogens (tertiary/aromatic N) is 1. The van der Waals surface area contributed by atoms with E-state index < -0.39 is 15.7 Å². The molecule has 1 aliphatic heterocycles. The highest BCUT2D eigenvalue weighted by Gasteiger charge is 2.69. The highest BCUT2D eigenvalue weighted by Crippen LogP contribution is 2.64. The zero-order valence-corrected chi connectivity index (χ0v) is 16.2. The second kappa shape index (κ2) is 5.75. The highest BCUT2D eigenvalue weighted by atomic mass is 35.5. The minimum Gasteiger partial charge on any atom is -0.457 e. The number of benzene rings is 1. The molecule has 0 radical (unpaired) electrons. The van der Waals surface area contributed by atoms with Crippen molar-refractivity contribution in [1.82, 2.24) is 0 Å². The molecule has 2 aliphatic rings. The summed E-state index contributed by atoms with van der Waals surface area (Å²) in [5.41, 5.74) is 1.88. The lowest BCUT2D eigenvalue weighted by Crippen LogP contribution is -2.26. The molecule has 1 atom stereocenters. The minimum atomic E-state index is -1.10. The predicted molar refractivity (Wildman–Crippen MR) is 99.1 cm³/mol. The number of halogens is 2. The molecule has 0 aromatic heterocycles. The number of rotatable bonds is 4. The molecule has 0 bridgehead atoms. The van der Waals surface area contributed by atoms with Gasteiger partial charge in [-0.15, -0.1) is 23.2 Å². The van der Waals surface area contributed by atoms with Crippen LogP contribution in [0.5, 0.6) is 0 Å². The Kier molecular flexibility index (Phi) is 4.20. The van der Waals surface area contributed by atoms with Crippen LogP contribution in [0.1, 0.15) is 32.8 Å². The lowest BCUT2D eigenvalue weighted by atomic mass is 9.83. The molecule has 0 amide bonds. The number of para-hydroxylation sites is 1. The number of hydrogen-bond acceptors (Lipinski definition) is 4. The van der Waals surface area contributed by atoms with Crippen LogP contribution in [0.3, 0.4) is 0 Å². The van der Waals surface area contributed by atoms with Gasteiger partial charge in [-0.3, -0.25) is 9.59 Å².